The van der Waals surface area contributed by atoms with Gasteiger partial charge in [0.15, 0.2) is 5.78 Å². The van der Waals surface area contributed by atoms with E-state index in [4.69, 9.17) is 0 Å². The Balaban J connectivity index is 0. The van der Waals surface area contributed by atoms with Crippen LogP contribution in [0.25, 0.3) is 16.3 Å². The smallest absolute Gasteiger partial charge is 0.159 e. The second kappa shape index (κ2) is 16.8. The van der Waals surface area contributed by atoms with Gasteiger partial charge in [-0.05, 0) is 60.2 Å². The van der Waals surface area contributed by atoms with Crippen molar-refractivity contribution < 1.29 is 4.79 Å². The molecule has 0 heterocycles. The fourth-order valence-corrected chi connectivity index (χ4v) is 2.55. The summed E-state index contributed by atoms with van der Waals surface area (Å²) in [6.07, 6.45) is 7.44. The van der Waals surface area contributed by atoms with Gasteiger partial charge in [0.2, 0.25) is 0 Å². The summed E-state index contributed by atoms with van der Waals surface area (Å²) in [4.78, 5) is 11.9. The van der Waals surface area contributed by atoms with Crippen molar-refractivity contribution in [3.63, 3.8) is 0 Å². The maximum absolute atomic E-state index is 11.9. The van der Waals surface area contributed by atoms with Crippen molar-refractivity contribution in [2.45, 2.75) is 82.1 Å². The molecule has 0 amide bonds. The third-order valence-corrected chi connectivity index (χ3v) is 4.42. The molecule has 0 aliphatic carbocycles. The Bertz CT molecular complexity index is 765. The van der Waals surface area contributed by atoms with Gasteiger partial charge in [-0.2, -0.15) is 0 Å². The first-order valence-electron chi connectivity index (χ1n) is 10.8. The SMILES string of the molecule is C.CC.CCC.CCC(C)C/C=C(\C=C(/C)c1ccc2ccccc2c1)C(C)=O. The normalized spacial score (nSPS) is 12.0. The lowest BCUT2D eigenvalue weighted by atomic mass is 9.97. The maximum atomic E-state index is 11.9. The minimum Gasteiger partial charge on any atom is -0.295 e. The number of carbonyl (C=O) groups excluding carboxylic acids is 1. The molecule has 0 aliphatic rings. The first kappa shape index (κ1) is 29.1. The van der Waals surface area contributed by atoms with Crippen LogP contribution in [0.3, 0.4) is 0 Å². The van der Waals surface area contributed by atoms with Crippen LogP contribution in [0.15, 0.2) is 60.2 Å². The molecule has 1 nitrogen and oxygen atoms in total. The van der Waals surface area contributed by atoms with Crippen LogP contribution in [0.1, 0.15) is 87.6 Å². The lowest BCUT2D eigenvalue weighted by Gasteiger charge is -2.07. The van der Waals surface area contributed by atoms with Crippen LogP contribution in [0.5, 0.6) is 0 Å². The largest absolute Gasteiger partial charge is 0.295 e. The lowest BCUT2D eigenvalue weighted by molar-refractivity contribution is -0.113. The number of hydrogen-bond acceptors (Lipinski definition) is 1. The number of fused-ring (bicyclic) bond motifs is 1. The van der Waals surface area contributed by atoms with E-state index in [0.717, 1.165) is 24.0 Å². The molecular formula is C28H44O. The van der Waals surface area contributed by atoms with E-state index in [1.54, 1.807) is 6.92 Å². The number of allylic oxidation sites excluding steroid dienone is 4. The molecule has 0 aliphatic heterocycles. The van der Waals surface area contributed by atoms with Crippen LogP contribution in [-0.2, 0) is 4.79 Å². The van der Waals surface area contributed by atoms with E-state index < -0.39 is 0 Å². The summed E-state index contributed by atoms with van der Waals surface area (Å²) in [5.74, 6) is 0.743. The molecule has 1 heteroatoms. The minimum atomic E-state index is 0. The number of carbonyl (C=O) groups is 1. The van der Waals surface area contributed by atoms with Crippen molar-refractivity contribution >= 4 is 22.1 Å². The van der Waals surface area contributed by atoms with Crippen molar-refractivity contribution in [2.75, 3.05) is 0 Å². The summed E-state index contributed by atoms with van der Waals surface area (Å²) in [7, 11) is 0. The average Bonchev–Trinajstić information content (AvgIpc) is 2.72. The molecule has 0 bridgehead atoms. The highest BCUT2D eigenvalue weighted by atomic mass is 16.1. The van der Waals surface area contributed by atoms with Crippen molar-refractivity contribution in [3.8, 4) is 0 Å². The number of benzene rings is 2. The van der Waals surface area contributed by atoms with E-state index in [1.165, 1.54) is 22.8 Å². The van der Waals surface area contributed by atoms with Gasteiger partial charge in [-0.15, -0.1) is 0 Å². The molecule has 1 unspecified atom stereocenters. The van der Waals surface area contributed by atoms with E-state index >= 15 is 0 Å². The minimum absolute atomic E-state index is 0. The van der Waals surface area contributed by atoms with Crippen LogP contribution in [0.4, 0.5) is 0 Å². The Morgan fingerprint density at radius 2 is 1.52 bits per heavy atom. The predicted octanol–water partition coefficient (Wildman–Crippen LogP) is 9.27. The lowest BCUT2D eigenvalue weighted by Crippen LogP contribution is -1.97. The van der Waals surface area contributed by atoms with Crippen molar-refractivity contribution in [1.82, 2.24) is 0 Å². The van der Waals surface area contributed by atoms with Crippen LogP contribution < -0.4 is 0 Å². The maximum Gasteiger partial charge on any atom is 0.159 e. The highest BCUT2D eigenvalue weighted by molar-refractivity contribution is 5.98. The first-order valence-corrected chi connectivity index (χ1v) is 10.8. The Kier molecular flexibility index (Phi) is 16.8. The van der Waals surface area contributed by atoms with Crippen LogP contribution in [0, 0.1) is 5.92 Å². The Morgan fingerprint density at radius 1 is 0.966 bits per heavy atom. The standard InChI is InChI=1S/C22H26O.C3H8.C2H6.CH4/c1-5-16(2)10-11-21(18(4)23)14-17(3)20-13-12-19-8-6-7-9-22(19)15-20;1-3-2;1-2;/h6-9,11-16H,5,10H2,1-4H3;3H2,1-2H3;1-2H3;1H4/b17-14+,21-11+;;;. The third-order valence-electron chi connectivity index (χ3n) is 4.42. The van der Waals surface area contributed by atoms with Gasteiger partial charge in [0.25, 0.3) is 0 Å². The molecular weight excluding hydrogens is 352 g/mol. The summed E-state index contributed by atoms with van der Waals surface area (Å²) < 4.78 is 0. The van der Waals surface area contributed by atoms with Gasteiger partial charge in [0.05, 0.1) is 0 Å². The van der Waals surface area contributed by atoms with Gasteiger partial charge in [-0.3, -0.25) is 4.79 Å². The van der Waals surface area contributed by atoms with Crippen molar-refractivity contribution in [1.29, 1.82) is 0 Å². The molecule has 2 aromatic rings. The van der Waals surface area contributed by atoms with Crippen molar-refractivity contribution in [2.24, 2.45) is 5.92 Å². The Hall–Kier alpha value is -2.15. The monoisotopic (exact) mass is 396 g/mol. The third kappa shape index (κ3) is 10.8. The molecule has 29 heavy (non-hydrogen) atoms. The summed E-state index contributed by atoms with van der Waals surface area (Å²) in [6, 6.07) is 14.8. The molecule has 0 spiro atoms. The van der Waals surface area contributed by atoms with Crippen molar-refractivity contribution in [3.05, 3.63) is 65.8 Å². The second-order valence-corrected chi connectivity index (χ2v) is 7.06. The van der Waals surface area contributed by atoms with Gasteiger partial charge >= 0.3 is 0 Å². The zero-order chi connectivity index (χ0) is 21.5. The van der Waals surface area contributed by atoms with E-state index in [1.807, 2.05) is 19.9 Å². The number of ketones is 1. The summed E-state index contributed by atoms with van der Waals surface area (Å²) in [6.45, 7) is 16.4. The fourth-order valence-electron chi connectivity index (χ4n) is 2.55. The van der Waals surface area contributed by atoms with E-state index in [-0.39, 0.29) is 13.2 Å². The Morgan fingerprint density at radius 3 is 2.03 bits per heavy atom. The topological polar surface area (TPSA) is 17.1 Å². The number of Topliss-reactive ketones (excluding diaryl/α,β-unsaturated/α-hetero) is 1. The van der Waals surface area contributed by atoms with Gasteiger partial charge < -0.3 is 0 Å². The highest BCUT2D eigenvalue weighted by Gasteiger charge is 2.05. The highest BCUT2D eigenvalue weighted by Crippen LogP contribution is 2.22. The van der Waals surface area contributed by atoms with E-state index in [9.17, 15) is 4.79 Å². The Labute approximate surface area is 180 Å². The van der Waals surface area contributed by atoms with Crippen LogP contribution >= 0.6 is 0 Å². The molecule has 0 radical (unpaired) electrons. The van der Waals surface area contributed by atoms with Gasteiger partial charge in [0.1, 0.15) is 0 Å². The number of hydrogen-bond donors (Lipinski definition) is 0. The quantitative estimate of drug-likeness (QED) is 0.351. The average molecular weight is 397 g/mol. The molecule has 0 aromatic heterocycles. The molecule has 1 atom stereocenters. The molecule has 0 saturated heterocycles. The summed E-state index contributed by atoms with van der Waals surface area (Å²) in [5.41, 5.74) is 3.11. The van der Waals surface area contributed by atoms with Gasteiger partial charge in [-0.1, -0.05) is 104 Å². The summed E-state index contributed by atoms with van der Waals surface area (Å²) in [5, 5.41) is 2.47. The number of rotatable bonds is 6. The van der Waals surface area contributed by atoms with Crippen LogP contribution in [-0.4, -0.2) is 5.78 Å². The van der Waals surface area contributed by atoms with E-state index in [0.29, 0.717) is 5.92 Å². The molecule has 0 N–H and O–H groups in total. The van der Waals surface area contributed by atoms with Crippen LogP contribution in [0.2, 0.25) is 0 Å². The zero-order valence-corrected chi connectivity index (χ0v) is 19.3. The second-order valence-electron chi connectivity index (χ2n) is 7.06. The van der Waals surface area contributed by atoms with Gasteiger partial charge in [-0.25, -0.2) is 0 Å². The predicted molar refractivity (Wildman–Crippen MR) is 134 cm³/mol. The molecule has 0 saturated carbocycles. The fraction of sp³-hybridized carbons (Fsp3) is 0.464. The first-order chi connectivity index (χ1) is 13.4. The molecule has 162 valence electrons. The van der Waals surface area contributed by atoms with E-state index in [2.05, 4.69) is 83.2 Å². The molecule has 2 aromatic carbocycles. The van der Waals surface area contributed by atoms with Gasteiger partial charge in [0, 0.05) is 5.57 Å². The zero-order valence-electron chi connectivity index (χ0n) is 19.3. The molecule has 2 rings (SSSR count). The molecule has 0 fully saturated rings. The summed E-state index contributed by atoms with van der Waals surface area (Å²) >= 11 is 0.